The van der Waals surface area contributed by atoms with E-state index in [-0.39, 0.29) is 0 Å². The molecule has 1 aliphatic heterocycles. The van der Waals surface area contributed by atoms with E-state index in [2.05, 4.69) is 9.88 Å². The van der Waals surface area contributed by atoms with E-state index in [1.54, 1.807) is 6.20 Å². The first-order chi connectivity index (χ1) is 7.40. The van der Waals surface area contributed by atoms with Gasteiger partial charge < -0.3 is 9.69 Å². The van der Waals surface area contributed by atoms with Crippen molar-refractivity contribution in [3.8, 4) is 0 Å². The molecule has 0 bridgehead atoms. The second-order valence-electron chi connectivity index (χ2n) is 3.92. The van der Waals surface area contributed by atoms with Crippen molar-refractivity contribution in [2.24, 2.45) is 0 Å². The fourth-order valence-electron chi connectivity index (χ4n) is 2.01. The molecule has 1 aliphatic rings. The summed E-state index contributed by atoms with van der Waals surface area (Å²) in [6.07, 6.45) is 6.99. The van der Waals surface area contributed by atoms with Gasteiger partial charge in [0.2, 0.25) is 0 Å². The van der Waals surface area contributed by atoms with Crippen molar-refractivity contribution in [3.63, 3.8) is 0 Å². The Morgan fingerprint density at radius 3 is 2.87 bits per heavy atom. The van der Waals surface area contributed by atoms with Gasteiger partial charge in [-0.15, -0.1) is 0 Å². The minimum atomic E-state index is 0.418. The van der Waals surface area contributed by atoms with E-state index in [0.29, 0.717) is 6.42 Å². The monoisotopic (exact) mass is 204 g/mol. The van der Waals surface area contributed by atoms with Crippen molar-refractivity contribution in [2.45, 2.75) is 25.7 Å². The lowest BCUT2D eigenvalue weighted by atomic mass is 10.1. The van der Waals surface area contributed by atoms with Gasteiger partial charge in [0.15, 0.2) is 0 Å². The lowest BCUT2D eigenvalue weighted by Gasteiger charge is -2.28. The first kappa shape index (κ1) is 10.1. The quantitative estimate of drug-likeness (QED) is 0.704. The molecular weight excluding hydrogens is 188 g/mol. The first-order valence-corrected chi connectivity index (χ1v) is 5.53. The molecule has 0 unspecified atom stereocenters. The minimum absolute atomic E-state index is 0.418. The number of hydrogen-bond donors (Lipinski definition) is 0. The van der Waals surface area contributed by atoms with Gasteiger partial charge in [0.25, 0.3) is 0 Å². The summed E-state index contributed by atoms with van der Waals surface area (Å²) in [4.78, 5) is 16.9. The number of hydrogen-bond acceptors (Lipinski definition) is 3. The Bertz CT molecular complexity index is 332. The van der Waals surface area contributed by atoms with Crippen LogP contribution in [0.5, 0.6) is 0 Å². The highest BCUT2D eigenvalue weighted by atomic mass is 16.1. The number of anilines is 1. The molecule has 15 heavy (non-hydrogen) atoms. The Kier molecular flexibility index (Phi) is 3.33. The molecule has 2 rings (SSSR count). The molecule has 0 atom stereocenters. The molecular formula is C12H16N2O. The summed E-state index contributed by atoms with van der Waals surface area (Å²) < 4.78 is 0. The SMILES string of the molecule is O=CCc1cc(N2CCCCC2)ccn1. The summed E-state index contributed by atoms with van der Waals surface area (Å²) >= 11 is 0. The van der Waals surface area contributed by atoms with E-state index in [1.165, 1.54) is 24.9 Å². The Balaban J connectivity index is 2.12. The number of rotatable bonds is 3. The lowest BCUT2D eigenvalue weighted by molar-refractivity contribution is -0.107. The summed E-state index contributed by atoms with van der Waals surface area (Å²) in [6.45, 7) is 2.26. The van der Waals surface area contributed by atoms with Crippen molar-refractivity contribution in [1.29, 1.82) is 0 Å². The molecule has 1 saturated heterocycles. The smallest absolute Gasteiger partial charge is 0.125 e. The molecule has 0 aromatic carbocycles. The van der Waals surface area contributed by atoms with Gasteiger partial charge in [-0.1, -0.05) is 0 Å². The van der Waals surface area contributed by atoms with Gasteiger partial charge >= 0.3 is 0 Å². The van der Waals surface area contributed by atoms with Crippen LogP contribution in [0.1, 0.15) is 25.0 Å². The molecule has 3 nitrogen and oxygen atoms in total. The van der Waals surface area contributed by atoms with Crippen LogP contribution in [0.25, 0.3) is 0 Å². The van der Waals surface area contributed by atoms with Gasteiger partial charge in [-0.25, -0.2) is 0 Å². The molecule has 0 radical (unpaired) electrons. The molecule has 0 N–H and O–H groups in total. The molecule has 0 spiro atoms. The molecule has 1 aromatic rings. The fourth-order valence-corrected chi connectivity index (χ4v) is 2.01. The van der Waals surface area contributed by atoms with E-state index >= 15 is 0 Å². The maximum Gasteiger partial charge on any atom is 0.125 e. The van der Waals surface area contributed by atoms with Gasteiger partial charge in [-0.2, -0.15) is 0 Å². The minimum Gasteiger partial charge on any atom is -0.371 e. The summed E-state index contributed by atoms with van der Waals surface area (Å²) in [6, 6.07) is 4.05. The van der Waals surface area contributed by atoms with Crippen molar-refractivity contribution >= 4 is 12.0 Å². The third kappa shape index (κ3) is 2.55. The number of piperidine rings is 1. The Morgan fingerprint density at radius 2 is 2.13 bits per heavy atom. The van der Waals surface area contributed by atoms with E-state index in [1.807, 2.05) is 12.1 Å². The molecule has 0 amide bonds. The van der Waals surface area contributed by atoms with Crippen LogP contribution in [0, 0.1) is 0 Å². The van der Waals surface area contributed by atoms with Crippen molar-refractivity contribution in [3.05, 3.63) is 24.0 Å². The molecule has 3 heteroatoms. The second-order valence-corrected chi connectivity index (χ2v) is 3.92. The number of carbonyl (C=O) groups excluding carboxylic acids is 1. The fraction of sp³-hybridized carbons (Fsp3) is 0.500. The predicted octanol–water partition coefficient (Wildman–Crippen LogP) is 1.81. The highest BCUT2D eigenvalue weighted by Gasteiger charge is 2.10. The average molecular weight is 204 g/mol. The highest BCUT2D eigenvalue weighted by molar-refractivity contribution is 5.56. The standard InChI is InChI=1S/C12H16N2O/c15-9-5-11-10-12(4-6-13-11)14-7-2-1-3-8-14/h4,6,9-10H,1-3,5,7-8H2. The van der Waals surface area contributed by atoms with Gasteiger partial charge in [-0.3, -0.25) is 4.98 Å². The van der Waals surface area contributed by atoms with Crippen molar-refractivity contribution in [2.75, 3.05) is 18.0 Å². The zero-order valence-electron chi connectivity index (χ0n) is 8.85. The summed E-state index contributed by atoms with van der Waals surface area (Å²) in [5.74, 6) is 0. The summed E-state index contributed by atoms with van der Waals surface area (Å²) in [5, 5.41) is 0. The van der Waals surface area contributed by atoms with Crippen LogP contribution >= 0.6 is 0 Å². The lowest BCUT2D eigenvalue weighted by Crippen LogP contribution is -2.29. The number of pyridine rings is 1. The maximum absolute atomic E-state index is 10.4. The normalized spacial score (nSPS) is 16.4. The summed E-state index contributed by atoms with van der Waals surface area (Å²) in [7, 11) is 0. The molecule has 1 fully saturated rings. The molecule has 0 saturated carbocycles. The molecule has 0 aliphatic carbocycles. The van der Waals surface area contributed by atoms with Crippen LogP contribution in [0.4, 0.5) is 5.69 Å². The van der Waals surface area contributed by atoms with E-state index < -0.39 is 0 Å². The van der Waals surface area contributed by atoms with Gasteiger partial charge in [0, 0.05) is 37.1 Å². The van der Waals surface area contributed by atoms with Gasteiger partial charge in [0.05, 0.1) is 0 Å². The van der Waals surface area contributed by atoms with Crippen LogP contribution in [0.15, 0.2) is 18.3 Å². The zero-order chi connectivity index (χ0) is 10.5. The topological polar surface area (TPSA) is 33.2 Å². The van der Waals surface area contributed by atoms with Crippen molar-refractivity contribution < 1.29 is 4.79 Å². The second kappa shape index (κ2) is 4.91. The first-order valence-electron chi connectivity index (χ1n) is 5.53. The van der Waals surface area contributed by atoms with Crippen LogP contribution in [0.3, 0.4) is 0 Å². The Labute approximate surface area is 90.1 Å². The van der Waals surface area contributed by atoms with Gasteiger partial charge in [0.1, 0.15) is 6.29 Å². The highest BCUT2D eigenvalue weighted by Crippen LogP contribution is 2.19. The van der Waals surface area contributed by atoms with Crippen LogP contribution < -0.4 is 4.90 Å². The van der Waals surface area contributed by atoms with E-state index in [0.717, 1.165) is 25.1 Å². The van der Waals surface area contributed by atoms with Crippen LogP contribution in [-0.2, 0) is 11.2 Å². The predicted molar refractivity (Wildman–Crippen MR) is 60.1 cm³/mol. The molecule has 80 valence electrons. The summed E-state index contributed by atoms with van der Waals surface area (Å²) in [5.41, 5.74) is 2.08. The largest absolute Gasteiger partial charge is 0.371 e. The van der Waals surface area contributed by atoms with E-state index in [9.17, 15) is 4.79 Å². The van der Waals surface area contributed by atoms with Crippen LogP contribution in [-0.4, -0.2) is 24.4 Å². The number of carbonyl (C=O) groups is 1. The third-order valence-corrected chi connectivity index (χ3v) is 2.81. The molecule has 1 aromatic heterocycles. The molecule has 2 heterocycles. The van der Waals surface area contributed by atoms with E-state index in [4.69, 9.17) is 0 Å². The van der Waals surface area contributed by atoms with Gasteiger partial charge in [-0.05, 0) is 31.4 Å². The Hall–Kier alpha value is -1.38. The number of nitrogens with zero attached hydrogens (tertiary/aromatic N) is 2. The van der Waals surface area contributed by atoms with Crippen molar-refractivity contribution in [1.82, 2.24) is 4.98 Å². The van der Waals surface area contributed by atoms with Crippen LogP contribution in [0.2, 0.25) is 0 Å². The number of aromatic nitrogens is 1. The third-order valence-electron chi connectivity index (χ3n) is 2.81. The number of aldehydes is 1. The zero-order valence-corrected chi connectivity index (χ0v) is 8.85. The average Bonchev–Trinajstić information content (AvgIpc) is 2.31. The Morgan fingerprint density at radius 1 is 1.33 bits per heavy atom. The maximum atomic E-state index is 10.4.